The molecular formula is C11H21N2O3Se-. The van der Waals surface area contributed by atoms with E-state index < -0.39 is 0 Å². The number of amides is 1. The number of rotatable bonds is 3. The Labute approximate surface area is 109 Å². The van der Waals surface area contributed by atoms with Gasteiger partial charge in [0.2, 0.25) is 0 Å². The van der Waals surface area contributed by atoms with Crippen LogP contribution in [0.25, 0.3) is 0 Å². The molecule has 0 spiro atoms. The zero-order chi connectivity index (χ0) is 13.2. The summed E-state index contributed by atoms with van der Waals surface area (Å²) in [5, 5.41) is 12.5. The Morgan fingerprint density at radius 3 is 2.53 bits per heavy atom. The zero-order valence-electron chi connectivity index (χ0n) is 11.1. The number of hydroxylamine groups is 2. The summed E-state index contributed by atoms with van der Waals surface area (Å²) in [6, 6.07) is -0.00319. The molecule has 2 unspecified atom stereocenters. The van der Waals surface area contributed by atoms with Crippen molar-refractivity contribution in [3.63, 3.8) is 0 Å². The Balaban J connectivity index is 2.81. The minimum atomic E-state index is -0.318. The second kappa shape index (κ2) is 5.57. The SMILES string of the molecule is CCOC(=O)N(C1CN([O-])C1[Se]C)C(C)(C)C. The van der Waals surface area contributed by atoms with Gasteiger partial charge in [-0.15, -0.1) is 0 Å². The van der Waals surface area contributed by atoms with E-state index in [4.69, 9.17) is 4.74 Å². The molecule has 1 amide bonds. The molecule has 100 valence electrons. The van der Waals surface area contributed by atoms with Gasteiger partial charge in [0.25, 0.3) is 0 Å². The first-order valence-corrected chi connectivity index (χ1v) is 8.45. The molecule has 17 heavy (non-hydrogen) atoms. The monoisotopic (exact) mass is 309 g/mol. The topological polar surface area (TPSA) is 55.8 Å². The van der Waals surface area contributed by atoms with Crippen LogP contribution in [-0.2, 0) is 4.74 Å². The van der Waals surface area contributed by atoms with Crippen molar-refractivity contribution in [1.82, 2.24) is 9.96 Å². The molecule has 0 radical (unpaired) electrons. The third kappa shape index (κ3) is 3.13. The van der Waals surface area contributed by atoms with E-state index >= 15 is 0 Å². The van der Waals surface area contributed by atoms with Gasteiger partial charge >= 0.3 is 109 Å². The van der Waals surface area contributed by atoms with Crippen molar-refractivity contribution in [2.45, 2.75) is 50.0 Å². The molecule has 6 heteroatoms. The van der Waals surface area contributed by atoms with Gasteiger partial charge in [-0.05, 0) is 0 Å². The number of carbonyl (C=O) groups excluding carboxylic acids is 1. The van der Waals surface area contributed by atoms with Crippen LogP contribution < -0.4 is 0 Å². The van der Waals surface area contributed by atoms with Crippen LogP contribution >= 0.6 is 0 Å². The average molecular weight is 308 g/mol. The summed E-state index contributed by atoms with van der Waals surface area (Å²) in [5.74, 6) is 2.03. The molecule has 0 N–H and O–H groups in total. The molecule has 2 atom stereocenters. The molecule has 0 bridgehead atoms. The van der Waals surface area contributed by atoms with Crippen molar-refractivity contribution in [2.24, 2.45) is 0 Å². The number of carbonyl (C=O) groups is 1. The fourth-order valence-corrected chi connectivity index (χ4v) is 3.78. The molecule has 1 fully saturated rings. The third-order valence-electron chi connectivity index (χ3n) is 2.74. The van der Waals surface area contributed by atoms with Crippen molar-refractivity contribution in [3.05, 3.63) is 5.21 Å². The molecule has 0 aliphatic carbocycles. The maximum absolute atomic E-state index is 12.0. The Kier molecular flexibility index (Phi) is 4.84. The minimum absolute atomic E-state index is 0.00319. The van der Waals surface area contributed by atoms with Gasteiger partial charge < -0.3 is 0 Å². The molecule has 1 rings (SSSR count). The second-order valence-electron chi connectivity index (χ2n) is 5.03. The van der Waals surface area contributed by atoms with Crippen molar-refractivity contribution >= 4 is 21.1 Å². The van der Waals surface area contributed by atoms with Crippen LogP contribution in [0.15, 0.2) is 0 Å². The van der Waals surface area contributed by atoms with Gasteiger partial charge in [0.1, 0.15) is 0 Å². The van der Waals surface area contributed by atoms with E-state index in [2.05, 4.69) is 0 Å². The Bertz CT molecular complexity index is 280. The van der Waals surface area contributed by atoms with Gasteiger partial charge in [0.15, 0.2) is 0 Å². The molecule has 0 aromatic heterocycles. The van der Waals surface area contributed by atoms with Crippen LogP contribution in [0.4, 0.5) is 4.79 Å². The fourth-order valence-electron chi connectivity index (χ4n) is 2.02. The Morgan fingerprint density at radius 2 is 2.18 bits per heavy atom. The Morgan fingerprint density at radius 1 is 1.59 bits per heavy atom. The molecule has 1 heterocycles. The van der Waals surface area contributed by atoms with E-state index in [1.165, 1.54) is 0 Å². The quantitative estimate of drug-likeness (QED) is 0.742. The van der Waals surface area contributed by atoms with E-state index in [0.29, 0.717) is 13.2 Å². The normalized spacial score (nSPS) is 25.3. The van der Waals surface area contributed by atoms with E-state index in [9.17, 15) is 10.0 Å². The number of nitrogens with zero attached hydrogens (tertiary/aromatic N) is 2. The first-order chi connectivity index (χ1) is 7.82. The van der Waals surface area contributed by atoms with Crippen LogP contribution in [0.3, 0.4) is 0 Å². The first kappa shape index (κ1) is 14.8. The molecular weight excluding hydrogens is 287 g/mol. The zero-order valence-corrected chi connectivity index (χ0v) is 12.8. The fraction of sp³-hybridized carbons (Fsp3) is 0.909. The summed E-state index contributed by atoms with van der Waals surface area (Å²) in [5.41, 5.74) is -0.318. The predicted octanol–water partition coefficient (Wildman–Crippen LogP) is 1.50. The summed E-state index contributed by atoms with van der Waals surface area (Å²) in [4.78, 5) is 13.7. The second-order valence-corrected chi connectivity index (χ2v) is 7.04. The summed E-state index contributed by atoms with van der Waals surface area (Å²) >= 11 is 0.209. The number of ether oxygens (including phenoxy) is 1. The van der Waals surface area contributed by atoms with E-state index in [1.54, 1.807) is 11.8 Å². The molecule has 1 saturated heterocycles. The van der Waals surface area contributed by atoms with Gasteiger partial charge in [-0.25, -0.2) is 0 Å². The van der Waals surface area contributed by atoms with E-state index in [-0.39, 0.29) is 37.6 Å². The molecule has 0 aromatic rings. The van der Waals surface area contributed by atoms with Crippen molar-refractivity contribution in [2.75, 3.05) is 13.2 Å². The standard InChI is InChI=1S/C11H21N2O3Se/c1-6-16-10(14)13(11(2,3)4)8-7-12(15)9(8)17-5/h8-9H,6-7H2,1-5H3/q-1. The maximum atomic E-state index is 12.0. The van der Waals surface area contributed by atoms with Gasteiger partial charge in [-0.3, -0.25) is 0 Å². The summed E-state index contributed by atoms with van der Waals surface area (Å²) in [7, 11) is 0. The first-order valence-electron chi connectivity index (χ1n) is 5.75. The predicted molar refractivity (Wildman–Crippen MR) is 67.9 cm³/mol. The van der Waals surface area contributed by atoms with Gasteiger partial charge in [-0.1, -0.05) is 0 Å². The molecule has 0 aromatic carbocycles. The van der Waals surface area contributed by atoms with Crippen molar-refractivity contribution in [1.29, 1.82) is 0 Å². The third-order valence-corrected chi connectivity index (χ3v) is 4.91. The molecule has 1 aliphatic heterocycles. The van der Waals surface area contributed by atoms with Crippen LogP contribution in [-0.4, -0.2) is 60.7 Å². The summed E-state index contributed by atoms with van der Waals surface area (Å²) < 4.78 is 5.09. The van der Waals surface area contributed by atoms with E-state index in [1.807, 2.05) is 26.6 Å². The van der Waals surface area contributed by atoms with Gasteiger partial charge in [0, 0.05) is 0 Å². The Hall–Kier alpha value is -0.291. The molecule has 5 nitrogen and oxygen atoms in total. The van der Waals surface area contributed by atoms with Crippen molar-refractivity contribution in [3.8, 4) is 0 Å². The van der Waals surface area contributed by atoms with Crippen LogP contribution in [0.2, 0.25) is 5.82 Å². The van der Waals surface area contributed by atoms with Gasteiger partial charge in [0.05, 0.1) is 0 Å². The van der Waals surface area contributed by atoms with Crippen LogP contribution in [0.5, 0.6) is 0 Å². The van der Waals surface area contributed by atoms with Crippen LogP contribution in [0.1, 0.15) is 27.7 Å². The van der Waals surface area contributed by atoms with E-state index in [0.717, 1.165) is 5.06 Å². The average Bonchev–Trinajstić information content (AvgIpc) is 2.15. The molecule has 0 saturated carbocycles. The summed E-state index contributed by atoms with van der Waals surface area (Å²) in [6.45, 7) is 8.46. The molecule has 1 aliphatic rings. The van der Waals surface area contributed by atoms with Gasteiger partial charge in [-0.2, -0.15) is 0 Å². The number of hydrogen-bond donors (Lipinski definition) is 0. The van der Waals surface area contributed by atoms with Crippen molar-refractivity contribution < 1.29 is 9.53 Å². The summed E-state index contributed by atoms with van der Waals surface area (Å²) in [6.07, 6.45) is -0.313. The van der Waals surface area contributed by atoms with Crippen LogP contribution in [0, 0.1) is 5.21 Å². The number of hydrogen-bond acceptors (Lipinski definition) is 4.